The van der Waals surface area contributed by atoms with Crippen molar-refractivity contribution >= 4 is 38.1 Å². The molecule has 0 unspecified atom stereocenters. The SMILES string of the molecule is Cc1cccc(Cn2cccc(C(=O)Nc3nc(-c4ccc(NS(C)(=O)=O)cc4)cs3)c2=O)c1. The molecule has 8 nitrogen and oxygen atoms in total. The van der Waals surface area contributed by atoms with E-state index < -0.39 is 15.9 Å². The maximum absolute atomic E-state index is 12.9. The van der Waals surface area contributed by atoms with E-state index in [9.17, 15) is 18.0 Å². The molecule has 0 atom stereocenters. The predicted octanol–water partition coefficient (Wildman–Crippen LogP) is 3.95. The fraction of sp³-hybridized carbons (Fsp3) is 0.125. The number of pyridine rings is 1. The lowest BCUT2D eigenvalue weighted by atomic mass is 10.1. The van der Waals surface area contributed by atoms with E-state index in [0.717, 1.165) is 22.9 Å². The zero-order chi connectivity index (χ0) is 24.3. The van der Waals surface area contributed by atoms with Crippen molar-refractivity contribution in [1.82, 2.24) is 9.55 Å². The van der Waals surface area contributed by atoms with Crippen molar-refractivity contribution in [2.45, 2.75) is 13.5 Å². The molecule has 2 aromatic carbocycles. The first kappa shape index (κ1) is 23.4. The van der Waals surface area contributed by atoms with Crippen LogP contribution in [0, 0.1) is 6.92 Å². The Morgan fingerprint density at radius 1 is 1.09 bits per heavy atom. The summed E-state index contributed by atoms with van der Waals surface area (Å²) >= 11 is 1.23. The van der Waals surface area contributed by atoms with Crippen LogP contribution in [0.25, 0.3) is 11.3 Å². The Kier molecular flexibility index (Phi) is 6.62. The number of anilines is 2. The van der Waals surface area contributed by atoms with Crippen molar-refractivity contribution in [3.8, 4) is 11.3 Å². The summed E-state index contributed by atoms with van der Waals surface area (Å²) < 4.78 is 26.6. The lowest BCUT2D eigenvalue weighted by Gasteiger charge is -2.08. The van der Waals surface area contributed by atoms with Crippen LogP contribution in [0.15, 0.2) is 77.0 Å². The van der Waals surface area contributed by atoms with E-state index in [1.54, 1.807) is 41.9 Å². The number of carbonyl (C=O) groups excluding carboxylic acids is 1. The molecule has 1 amide bonds. The first-order valence-electron chi connectivity index (χ1n) is 10.3. The highest BCUT2D eigenvalue weighted by Gasteiger charge is 2.15. The molecule has 0 bridgehead atoms. The van der Waals surface area contributed by atoms with Gasteiger partial charge in [-0.1, -0.05) is 42.0 Å². The maximum atomic E-state index is 12.9. The Labute approximate surface area is 201 Å². The Balaban J connectivity index is 1.48. The number of thiazole rings is 1. The minimum atomic E-state index is -3.36. The molecular weight excluding hydrogens is 472 g/mol. The number of hydrogen-bond donors (Lipinski definition) is 2. The minimum Gasteiger partial charge on any atom is -0.310 e. The van der Waals surface area contributed by atoms with Crippen molar-refractivity contribution in [1.29, 1.82) is 0 Å². The molecule has 0 saturated heterocycles. The smallest absolute Gasteiger partial charge is 0.263 e. The molecule has 0 radical (unpaired) electrons. The van der Waals surface area contributed by atoms with Crippen LogP contribution in [0.3, 0.4) is 0 Å². The van der Waals surface area contributed by atoms with Crippen molar-refractivity contribution in [3.63, 3.8) is 0 Å². The average Bonchev–Trinajstić information content (AvgIpc) is 3.23. The summed E-state index contributed by atoms with van der Waals surface area (Å²) in [6.45, 7) is 2.35. The van der Waals surface area contributed by atoms with Gasteiger partial charge in [-0.05, 0) is 36.8 Å². The molecule has 0 saturated carbocycles. The number of nitrogens with zero attached hydrogens (tertiary/aromatic N) is 2. The summed E-state index contributed by atoms with van der Waals surface area (Å²) in [6.07, 6.45) is 2.74. The van der Waals surface area contributed by atoms with Gasteiger partial charge in [0.05, 0.1) is 18.5 Å². The van der Waals surface area contributed by atoms with E-state index in [-0.39, 0.29) is 11.1 Å². The molecule has 4 rings (SSSR count). The number of rotatable bonds is 7. The summed E-state index contributed by atoms with van der Waals surface area (Å²) in [4.78, 5) is 30.1. The first-order valence-corrected chi connectivity index (χ1v) is 13.1. The van der Waals surface area contributed by atoms with Gasteiger partial charge in [-0.25, -0.2) is 13.4 Å². The number of sulfonamides is 1. The van der Waals surface area contributed by atoms with E-state index in [1.165, 1.54) is 22.0 Å². The van der Waals surface area contributed by atoms with Crippen molar-refractivity contribution in [3.05, 3.63) is 99.3 Å². The molecule has 174 valence electrons. The molecule has 0 fully saturated rings. The number of amides is 1. The molecule has 2 aromatic heterocycles. The molecule has 10 heteroatoms. The number of benzene rings is 2. The van der Waals surface area contributed by atoms with Gasteiger partial charge in [0.25, 0.3) is 11.5 Å². The lowest BCUT2D eigenvalue weighted by Crippen LogP contribution is -2.29. The summed E-state index contributed by atoms with van der Waals surface area (Å²) in [5.74, 6) is -0.530. The quantitative estimate of drug-likeness (QED) is 0.404. The highest BCUT2D eigenvalue weighted by Crippen LogP contribution is 2.26. The second-order valence-electron chi connectivity index (χ2n) is 7.79. The van der Waals surface area contributed by atoms with E-state index in [4.69, 9.17) is 0 Å². The molecular formula is C24H22N4O4S2. The minimum absolute atomic E-state index is 0.0307. The highest BCUT2D eigenvalue weighted by atomic mass is 32.2. The molecule has 34 heavy (non-hydrogen) atoms. The zero-order valence-electron chi connectivity index (χ0n) is 18.5. The van der Waals surface area contributed by atoms with Gasteiger partial charge in [0.1, 0.15) is 5.56 Å². The van der Waals surface area contributed by atoms with Crippen LogP contribution in [0.5, 0.6) is 0 Å². The van der Waals surface area contributed by atoms with E-state index in [2.05, 4.69) is 15.0 Å². The molecule has 2 heterocycles. The lowest BCUT2D eigenvalue weighted by molar-refractivity contribution is 0.102. The third-order valence-corrected chi connectivity index (χ3v) is 6.27. The summed E-state index contributed by atoms with van der Waals surface area (Å²) in [5.41, 5.74) is 3.55. The van der Waals surface area contributed by atoms with Crippen LogP contribution < -0.4 is 15.6 Å². The molecule has 0 spiro atoms. The fourth-order valence-electron chi connectivity index (χ4n) is 3.39. The van der Waals surface area contributed by atoms with Gasteiger partial charge in [0.15, 0.2) is 5.13 Å². The Hall–Kier alpha value is -3.76. The third kappa shape index (κ3) is 5.77. The molecule has 0 aliphatic carbocycles. The van der Waals surface area contributed by atoms with Crippen LogP contribution in [-0.2, 0) is 16.6 Å². The summed E-state index contributed by atoms with van der Waals surface area (Å²) in [7, 11) is -3.36. The Morgan fingerprint density at radius 3 is 2.56 bits per heavy atom. The topological polar surface area (TPSA) is 110 Å². The fourth-order valence-corrected chi connectivity index (χ4v) is 4.67. The van der Waals surface area contributed by atoms with Crippen LogP contribution in [0.2, 0.25) is 0 Å². The van der Waals surface area contributed by atoms with Gasteiger partial charge in [-0.2, -0.15) is 0 Å². The van der Waals surface area contributed by atoms with Gasteiger partial charge in [0, 0.05) is 22.8 Å². The second-order valence-corrected chi connectivity index (χ2v) is 10.4. The third-order valence-electron chi connectivity index (χ3n) is 4.91. The Bertz CT molecular complexity index is 1510. The number of aryl methyl sites for hydroxylation is 1. The van der Waals surface area contributed by atoms with Crippen LogP contribution in [-0.4, -0.2) is 30.1 Å². The van der Waals surface area contributed by atoms with Crippen molar-refractivity contribution in [2.24, 2.45) is 0 Å². The maximum Gasteiger partial charge on any atom is 0.263 e. The molecule has 4 aromatic rings. The molecule has 0 aliphatic rings. The molecule has 0 aliphatic heterocycles. The number of hydrogen-bond acceptors (Lipinski definition) is 6. The normalized spacial score (nSPS) is 11.2. The largest absolute Gasteiger partial charge is 0.310 e. The van der Waals surface area contributed by atoms with E-state index >= 15 is 0 Å². The average molecular weight is 495 g/mol. The second kappa shape index (κ2) is 9.62. The van der Waals surface area contributed by atoms with Crippen LogP contribution in [0.1, 0.15) is 21.5 Å². The zero-order valence-corrected chi connectivity index (χ0v) is 20.1. The monoisotopic (exact) mass is 494 g/mol. The molecule has 2 N–H and O–H groups in total. The first-order chi connectivity index (χ1) is 16.2. The van der Waals surface area contributed by atoms with E-state index in [1.807, 2.05) is 31.2 Å². The number of nitrogens with one attached hydrogen (secondary N) is 2. The highest BCUT2D eigenvalue weighted by molar-refractivity contribution is 7.92. The van der Waals surface area contributed by atoms with Crippen molar-refractivity contribution < 1.29 is 13.2 Å². The van der Waals surface area contributed by atoms with Gasteiger partial charge in [-0.15, -0.1) is 11.3 Å². The predicted molar refractivity (Wildman–Crippen MR) is 135 cm³/mol. The van der Waals surface area contributed by atoms with Gasteiger partial charge in [0.2, 0.25) is 10.0 Å². The number of aromatic nitrogens is 2. The van der Waals surface area contributed by atoms with E-state index in [0.29, 0.717) is 23.1 Å². The summed E-state index contributed by atoms with van der Waals surface area (Å²) in [5, 5.41) is 4.82. The van der Waals surface area contributed by atoms with Crippen LogP contribution >= 0.6 is 11.3 Å². The van der Waals surface area contributed by atoms with Gasteiger partial charge >= 0.3 is 0 Å². The number of carbonyl (C=O) groups is 1. The van der Waals surface area contributed by atoms with Crippen LogP contribution in [0.4, 0.5) is 10.8 Å². The standard InChI is InChI=1S/C24H22N4O4S2/c1-16-5-3-6-17(13-16)14-28-12-4-7-20(23(28)30)22(29)26-24-25-21(15-33-24)18-8-10-19(11-9-18)27-34(2,31)32/h3-13,15,27H,14H2,1-2H3,(H,25,26,29). The van der Waals surface area contributed by atoms with Crippen molar-refractivity contribution in [2.75, 3.05) is 16.3 Å². The van der Waals surface area contributed by atoms with Gasteiger partial charge in [-0.3, -0.25) is 19.6 Å². The summed E-state index contributed by atoms with van der Waals surface area (Å²) in [6, 6.07) is 17.8. The Morgan fingerprint density at radius 2 is 1.85 bits per heavy atom. The van der Waals surface area contributed by atoms with Gasteiger partial charge < -0.3 is 4.57 Å².